The molecule has 1 saturated carbocycles. The molecular formula is C11H21BrN2O3S. The van der Waals surface area contributed by atoms with E-state index in [0.717, 1.165) is 12.8 Å². The summed E-state index contributed by atoms with van der Waals surface area (Å²) in [4.78, 5) is 0.443. The van der Waals surface area contributed by atoms with Gasteiger partial charge in [-0.05, 0) is 18.8 Å². The Balaban J connectivity index is 1.84. The Morgan fingerprint density at radius 1 is 1.22 bits per heavy atom. The van der Waals surface area contributed by atoms with Crippen molar-refractivity contribution in [3.8, 4) is 0 Å². The maximum atomic E-state index is 12.1. The monoisotopic (exact) mass is 340 g/mol. The van der Waals surface area contributed by atoms with Gasteiger partial charge >= 0.3 is 0 Å². The van der Waals surface area contributed by atoms with E-state index >= 15 is 0 Å². The smallest absolute Gasteiger partial charge is 0.279 e. The highest BCUT2D eigenvalue weighted by molar-refractivity contribution is 9.09. The zero-order valence-corrected chi connectivity index (χ0v) is 12.9. The highest BCUT2D eigenvalue weighted by atomic mass is 79.9. The lowest BCUT2D eigenvalue weighted by molar-refractivity contribution is 0.0724. The predicted octanol–water partition coefficient (Wildman–Crippen LogP) is 1.11. The number of halogens is 1. The Morgan fingerprint density at radius 3 is 2.56 bits per heavy atom. The second-order valence-electron chi connectivity index (χ2n) is 4.93. The number of hydrogen-bond acceptors (Lipinski definition) is 3. The molecule has 1 N–H and O–H groups in total. The summed E-state index contributed by atoms with van der Waals surface area (Å²) >= 11 is 3.65. The van der Waals surface area contributed by atoms with Crippen LogP contribution in [0.3, 0.4) is 0 Å². The molecule has 0 aromatic rings. The van der Waals surface area contributed by atoms with E-state index in [1.54, 1.807) is 0 Å². The maximum Gasteiger partial charge on any atom is 0.279 e. The Morgan fingerprint density at radius 2 is 1.89 bits per heavy atom. The highest BCUT2D eigenvalue weighted by Crippen LogP contribution is 2.29. The van der Waals surface area contributed by atoms with Crippen molar-refractivity contribution in [3.63, 3.8) is 0 Å². The molecule has 1 aliphatic heterocycles. The normalized spacial score (nSPS) is 31.4. The van der Waals surface area contributed by atoms with Crippen LogP contribution in [-0.2, 0) is 14.9 Å². The Bertz CT molecular complexity index is 357. The van der Waals surface area contributed by atoms with Gasteiger partial charge in [-0.15, -0.1) is 0 Å². The van der Waals surface area contributed by atoms with Crippen LogP contribution in [0.5, 0.6) is 0 Å². The van der Waals surface area contributed by atoms with Gasteiger partial charge in [0.1, 0.15) is 0 Å². The third-order valence-corrected chi connectivity index (χ3v) is 6.44. The summed E-state index contributed by atoms with van der Waals surface area (Å²) < 4.78 is 33.5. The van der Waals surface area contributed by atoms with E-state index in [1.165, 1.54) is 17.1 Å². The molecule has 2 rings (SSSR count). The van der Waals surface area contributed by atoms with Gasteiger partial charge in [-0.1, -0.05) is 28.8 Å². The summed E-state index contributed by atoms with van der Waals surface area (Å²) in [7, 11) is -3.32. The maximum absolute atomic E-state index is 12.1. The van der Waals surface area contributed by atoms with E-state index < -0.39 is 10.2 Å². The Kier molecular flexibility index (Phi) is 5.44. The van der Waals surface area contributed by atoms with Crippen molar-refractivity contribution in [2.45, 2.75) is 30.5 Å². The minimum atomic E-state index is -3.32. The van der Waals surface area contributed by atoms with Gasteiger partial charge < -0.3 is 4.74 Å². The minimum absolute atomic E-state index is 0.412. The highest BCUT2D eigenvalue weighted by Gasteiger charge is 2.27. The topological polar surface area (TPSA) is 58.6 Å². The van der Waals surface area contributed by atoms with Gasteiger partial charge in [-0.3, -0.25) is 0 Å². The SMILES string of the molecule is O=S(=O)(NCC1CCCCC1Br)N1CCOCC1. The molecule has 18 heavy (non-hydrogen) atoms. The van der Waals surface area contributed by atoms with Crippen molar-refractivity contribution in [2.75, 3.05) is 32.8 Å². The van der Waals surface area contributed by atoms with Crippen LogP contribution in [0.2, 0.25) is 0 Å². The van der Waals surface area contributed by atoms with Gasteiger partial charge in [-0.2, -0.15) is 12.7 Å². The lowest BCUT2D eigenvalue weighted by Gasteiger charge is -2.30. The number of ether oxygens (including phenoxy) is 1. The molecule has 1 aliphatic carbocycles. The zero-order valence-electron chi connectivity index (χ0n) is 10.5. The quantitative estimate of drug-likeness (QED) is 0.780. The molecule has 7 heteroatoms. The standard InChI is InChI=1S/C11H21BrN2O3S/c12-11-4-2-1-3-10(11)9-13-18(15,16)14-5-7-17-8-6-14/h10-11,13H,1-9H2. The predicted molar refractivity (Wildman–Crippen MR) is 74.0 cm³/mol. The first-order valence-corrected chi connectivity index (χ1v) is 8.92. The molecule has 0 aromatic heterocycles. The average molecular weight is 341 g/mol. The molecule has 5 nitrogen and oxygen atoms in total. The second-order valence-corrected chi connectivity index (χ2v) is 7.86. The van der Waals surface area contributed by atoms with Crippen molar-refractivity contribution in [1.82, 2.24) is 9.03 Å². The van der Waals surface area contributed by atoms with E-state index in [-0.39, 0.29) is 0 Å². The molecule has 0 radical (unpaired) electrons. The van der Waals surface area contributed by atoms with Crippen LogP contribution in [-0.4, -0.2) is 50.4 Å². The van der Waals surface area contributed by atoms with Crippen LogP contribution in [0.25, 0.3) is 0 Å². The fourth-order valence-electron chi connectivity index (χ4n) is 2.48. The molecule has 106 valence electrons. The van der Waals surface area contributed by atoms with Gasteiger partial charge in [0.15, 0.2) is 0 Å². The van der Waals surface area contributed by atoms with Crippen LogP contribution < -0.4 is 4.72 Å². The molecule has 0 aromatic carbocycles. The van der Waals surface area contributed by atoms with E-state index in [4.69, 9.17) is 4.74 Å². The van der Waals surface area contributed by atoms with Crippen molar-refractivity contribution < 1.29 is 13.2 Å². The molecule has 0 amide bonds. The van der Waals surface area contributed by atoms with Gasteiger partial charge in [0, 0.05) is 24.5 Å². The van der Waals surface area contributed by atoms with Gasteiger partial charge in [-0.25, -0.2) is 4.72 Å². The first-order valence-electron chi connectivity index (χ1n) is 6.56. The molecule has 0 spiro atoms. The van der Waals surface area contributed by atoms with Gasteiger partial charge in [0.2, 0.25) is 0 Å². The van der Waals surface area contributed by atoms with Gasteiger partial charge in [0.25, 0.3) is 10.2 Å². The lowest BCUT2D eigenvalue weighted by Crippen LogP contribution is -2.48. The molecule has 2 aliphatic rings. The Hall–Kier alpha value is 0.310. The van der Waals surface area contributed by atoms with E-state index in [1.807, 2.05) is 0 Å². The van der Waals surface area contributed by atoms with Crippen molar-refractivity contribution in [1.29, 1.82) is 0 Å². The van der Waals surface area contributed by atoms with Crippen molar-refractivity contribution in [3.05, 3.63) is 0 Å². The number of alkyl halides is 1. The number of nitrogens with zero attached hydrogens (tertiary/aromatic N) is 1. The van der Waals surface area contributed by atoms with Crippen molar-refractivity contribution in [2.24, 2.45) is 5.92 Å². The summed E-state index contributed by atoms with van der Waals surface area (Å²) in [6.07, 6.45) is 4.68. The van der Waals surface area contributed by atoms with E-state index in [2.05, 4.69) is 20.7 Å². The molecule has 1 heterocycles. The molecule has 2 fully saturated rings. The van der Waals surface area contributed by atoms with Crippen molar-refractivity contribution >= 4 is 26.1 Å². The first kappa shape index (κ1) is 14.7. The summed E-state index contributed by atoms with van der Waals surface area (Å²) in [6, 6.07) is 0. The second kappa shape index (κ2) is 6.65. The largest absolute Gasteiger partial charge is 0.379 e. The summed E-state index contributed by atoms with van der Waals surface area (Å²) in [5.74, 6) is 0.412. The van der Waals surface area contributed by atoms with Crippen LogP contribution in [0.15, 0.2) is 0 Å². The number of rotatable bonds is 4. The number of hydrogen-bond donors (Lipinski definition) is 1. The summed E-state index contributed by atoms with van der Waals surface area (Å²) in [5, 5.41) is 0. The molecule has 1 saturated heterocycles. The minimum Gasteiger partial charge on any atom is -0.379 e. The molecule has 2 atom stereocenters. The number of nitrogens with one attached hydrogen (secondary N) is 1. The molecule has 2 unspecified atom stereocenters. The van der Waals surface area contributed by atoms with Gasteiger partial charge in [0.05, 0.1) is 13.2 Å². The number of morpholine rings is 1. The third-order valence-electron chi connectivity index (χ3n) is 3.65. The summed E-state index contributed by atoms with van der Waals surface area (Å²) in [5.41, 5.74) is 0. The molecular weight excluding hydrogens is 320 g/mol. The fraction of sp³-hybridized carbons (Fsp3) is 1.00. The average Bonchev–Trinajstić information content (AvgIpc) is 2.39. The lowest BCUT2D eigenvalue weighted by atomic mass is 9.89. The fourth-order valence-corrected chi connectivity index (χ4v) is 4.49. The molecule has 0 bridgehead atoms. The Labute approximate surface area is 118 Å². The van der Waals surface area contributed by atoms with Crippen LogP contribution in [0.1, 0.15) is 25.7 Å². The van der Waals surface area contributed by atoms with Crippen LogP contribution in [0, 0.1) is 5.92 Å². The van der Waals surface area contributed by atoms with E-state index in [0.29, 0.717) is 43.6 Å². The van der Waals surface area contributed by atoms with Crippen LogP contribution >= 0.6 is 15.9 Å². The summed E-state index contributed by atoms with van der Waals surface area (Å²) in [6.45, 7) is 2.43. The third kappa shape index (κ3) is 3.90. The van der Waals surface area contributed by atoms with E-state index in [9.17, 15) is 8.42 Å². The zero-order chi connectivity index (χ0) is 13.0. The van der Waals surface area contributed by atoms with Crippen LogP contribution in [0.4, 0.5) is 0 Å². The first-order chi connectivity index (χ1) is 8.59.